The molecule has 1 rings (SSSR count). The van der Waals surface area contributed by atoms with Gasteiger partial charge in [0, 0.05) is 18.3 Å². The summed E-state index contributed by atoms with van der Waals surface area (Å²) < 4.78 is 13.2. The predicted octanol–water partition coefficient (Wildman–Crippen LogP) is 1.75. The molecule has 0 fully saturated rings. The van der Waals surface area contributed by atoms with Crippen molar-refractivity contribution < 1.29 is 9.18 Å². The summed E-state index contributed by atoms with van der Waals surface area (Å²) in [6, 6.07) is 4.41. The van der Waals surface area contributed by atoms with E-state index >= 15 is 0 Å². The Morgan fingerprint density at radius 1 is 1.47 bits per heavy atom. The van der Waals surface area contributed by atoms with E-state index in [-0.39, 0.29) is 24.3 Å². The molecular formula is C14H22FN3O. The summed E-state index contributed by atoms with van der Waals surface area (Å²) in [4.78, 5) is 13.6. The molecule has 0 bridgehead atoms. The molecule has 0 aromatic heterocycles. The molecule has 0 saturated carbocycles. The number of amides is 1. The number of rotatable bonds is 6. The molecule has 0 spiro atoms. The van der Waals surface area contributed by atoms with E-state index in [9.17, 15) is 9.18 Å². The van der Waals surface area contributed by atoms with Gasteiger partial charge in [-0.25, -0.2) is 4.39 Å². The van der Waals surface area contributed by atoms with Crippen LogP contribution < -0.4 is 11.1 Å². The topological polar surface area (TPSA) is 58.4 Å². The van der Waals surface area contributed by atoms with Crippen LogP contribution in [-0.4, -0.2) is 29.9 Å². The highest BCUT2D eigenvalue weighted by atomic mass is 19.1. The molecule has 0 heterocycles. The van der Waals surface area contributed by atoms with Gasteiger partial charge in [0.25, 0.3) is 0 Å². The van der Waals surface area contributed by atoms with Crippen LogP contribution in [0.2, 0.25) is 0 Å². The second-order valence-corrected chi connectivity index (χ2v) is 4.87. The average Bonchev–Trinajstić information content (AvgIpc) is 2.31. The Bertz CT molecular complexity index is 435. The number of anilines is 1. The molecule has 1 aromatic carbocycles. The van der Waals surface area contributed by atoms with Crippen molar-refractivity contribution >= 4 is 11.6 Å². The van der Waals surface area contributed by atoms with E-state index in [1.807, 2.05) is 25.7 Å². The molecule has 0 atom stereocenters. The van der Waals surface area contributed by atoms with Crippen molar-refractivity contribution in [2.45, 2.75) is 33.4 Å². The summed E-state index contributed by atoms with van der Waals surface area (Å²) in [5, 5.41) is 2.83. The smallest absolute Gasteiger partial charge is 0.234 e. The van der Waals surface area contributed by atoms with Crippen molar-refractivity contribution in [1.82, 2.24) is 10.2 Å². The fraction of sp³-hybridized carbons (Fsp3) is 0.500. The van der Waals surface area contributed by atoms with Gasteiger partial charge >= 0.3 is 0 Å². The average molecular weight is 267 g/mol. The number of carbonyl (C=O) groups excluding carboxylic acids is 1. The number of carbonyl (C=O) groups is 1. The number of nitrogens with two attached hydrogens (primary N) is 1. The summed E-state index contributed by atoms with van der Waals surface area (Å²) in [5.74, 6) is -0.348. The van der Waals surface area contributed by atoms with Gasteiger partial charge in [0.15, 0.2) is 0 Å². The lowest BCUT2D eigenvalue weighted by molar-refractivity contribution is -0.122. The number of likely N-dealkylation sites (N-methyl/N-ethyl adjacent to an activating group) is 1. The predicted molar refractivity (Wildman–Crippen MR) is 75.0 cm³/mol. The van der Waals surface area contributed by atoms with Gasteiger partial charge in [0.2, 0.25) is 5.91 Å². The maximum atomic E-state index is 13.2. The first-order valence-corrected chi connectivity index (χ1v) is 6.48. The maximum absolute atomic E-state index is 13.2. The van der Waals surface area contributed by atoms with Crippen LogP contribution >= 0.6 is 0 Å². The second-order valence-electron chi connectivity index (χ2n) is 4.87. The first-order valence-electron chi connectivity index (χ1n) is 6.48. The Morgan fingerprint density at radius 3 is 2.74 bits per heavy atom. The van der Waals surface area contributed by atoms with Crippen LogP contribution in [0.3, 0.4) is 0 Å². The summed E-state index contributed by atoms with van der Waals surface area (Å²) in [5.41, 5.74) is 7.06. The number of nitrogen functional groups attached to an aromatic ring is 1. The number of halogens is 1. The lowest BCUT2D eigenvalue weighted by Crippen LogP contribution is -2.39. The Morgan fingerprint density at radius 2 is 2.16 bits per heavy atom. The summed E-state index contributed by atoms with van der Waals surface area (Å²) in [7, 11) is 0. The van der Waals surface area contributed by atoms with E-state index < -0.39 is 0 Å². The van der Waals surface area contributed by atoms with Crippen molar-refractivity contribution in [3.63, 3.8) is 0 Å². The van der Waals surface area contributed by atoms with E-state index in [2.05, 4.69) is 5.32 Å². The van der Waals surface area contributed by atoms with Gasteiger partial charge in [-0.1, -0.05) is 6.92 Å². The quantitative estimate of drug-likeness (QED) is 0.772. The van der Waals surface area contributed by atoms with Gasteiger partial charge in [0.1, 0.15) is 5.82 Å². The molecule has 5 heteroatoms. The molecule has 106 valence electrons. The van der Waals surface area contributed by atoms with Crippen molar-refractivity contribution in [2.24, 2.45) is 0 Å². The van der Waals surface area contributed by atoms with Crippen molar-refractivity contribution in [1.29, 1.82) is 0 Å². The Kier molecular flexibility index (Phi) is 5.76. The lowest BCUT2D eigenvalue weighted by atomic mass is 10.1. The molecule has 4 nitrogen and oxygen atoms in total. The maximum Gasteiger partial charge on any atom is 0.234 e. The van der Waals surface area contributed by atoms with Crippen LogP contribution in [0.5, 0.6) is 0 Å². The highest BCUT2D eigenvalue weighted by Crippen LogP contribution is 2.15. The highest BCUT2D eigenvalue weighted by molar-refractivity contribution is 5.78. The standard InChI is InChI=1S/C14H22FN3O/c1-4-18(9-14(19)17-10(2)3)8-11-7-12(15)5-6-13(11)16/h5-7,10H,4,8-9,16H2,1-3H3,(H,17,19). The first kappa shape index (κ1) is 15.4. The zero-order valence-electron chi connectivity index (χ0n) is 11.7. The molecule has 19 heavy (non-hydrogen) atoms. The third kappa shape index (κ3) is 5.26. The fourth-order valence-corrected chi connectivity index (χ4v) is 1.80. The summed E-state index contributed by atoms with van der Waals surface area (Å²) in [6.45, 7) is 7.23. The minimum atomic E-state index is -0.313. The number of hydrogen-bond donors (Lipinski definition) is 2. The molecule has 0 saturated heterocycles. The Balaban J connectivity index is 2.66. The number of benzene rings is 1. The van der Waals surface area contributed by atoms with Gasteiger partial charge in [0.05, 0.1) is 6.54 Å². The molecule has 0 aliphatic rings. The normalized spacial score (nSPS) is 11.1. The molecular weight excluding hydrogens is 245 g/mol. The Hall–Kier alpha value is -1.62. The number of nitrogens with zero attached hydrogens (tertiary/aromatic N) is 1. The molecule has 0 aliphatic heterocycles. The number of hydrogen-bond acceptors (Lipinski definition) is 3. The third-order valence-electron chi connectivity index (χ3n) is 2.76. The van der Waals surface area contributed by atoms with Crippen LogP contribution in [-0.2, 0) is 11.3 Å². The van der Waals surface area contributed by atoms with Crippen LogP contribution in [0.4, 0.5) is 10.1 Å². The van der Waals surface area contributed by atoms with Crippen LogP contribution in [0, 0.1) is 5.82 Å². The molecule has 0 unspecified atom stereocenters. The summed E-state index contributed by atoms with van der Waals surface area (Å²) in [6.07, 6.45) is 0. The minimum absolute atomic E-state index is 0.0353. The minimum Gasteiger partial charge on any atom is -0.398 e. The molecule has 0 radical (unpaired) electrons. The zero-order chi connectivity index (χ0) is 14.4. The van der Waals surface area contributed by atoms with Gasteiger partial charge < -0.3 is 11.1 Å². The number of nitrogens with one attached hydrogen (secondary N) is 1. The van der Waals surface area contributed by atoms with E-state index in [4.69, 9.17) is 5.73 Å². The van der Waals surface area contributed by atoms with Gasteiger partial charge in [-0.05, 0) is 44.2 Å². The largest absolute Gasteiger partial charge is 0.398 e. The van der Waals surface area contributed by atoms with Crippen LogP contribution in [0.25, 0.3) is 0 Å². The first-order chi connectivity index (χ1) is 8.92. The van der Waals surface area contributed by atoms with E-state index in [0.717, 1.165) is 0 Å². The van der Waals surface area contributed by atoms with E-state index in [1.165, 1.54) is 12.1 Å². The lowest BCUT2D eigenvalue weighted by Gasteiger charge is -2.21. The molecule has 1 aromatic rings. The molecule has 1 amide bonds. The van der Waals surface area contributed by atoms with Crippen molar-refractivity contribution in [2.75, 3.05) is 18.8 Å². The SMILES string of the molecule is CCN(CC(=O)NC(C)C)Cc1cc(F)ccc1N. The van der Waals surface area contributed by atoms with Crippen LogP contribution in [0.15, 0.2) is 18.2 Å². The molecule has 3 N–H and O–H groups in total. The van der Waals surface area contributed by atoms with Crippen LogP contribution in [0.1, 0.15) is 26.3 Å². The summed E-state index contributed by atoms with van der Waals surface area (Å²) >= 11 is 0. The Labute approximate surface area is 113 Å². The van der Waals surface area contributed by atoms with E-state index in [1.54, 1.807) is 6.07 Å². The fourth-order valence-electron chi connectivity index (χ4n) is 1.80. The van der Waals surface area contributed by atoms with Crippen molar-refractivity contribution in [3.8, 4) is 0 Å². The van der Waals surface area contributed by atoms with Gasteiger partial charge in [-0.15, -0.1) is 0 Å². The third-order valence-corrected chi connectivity index (χ3v) is 2.76. The van der Waals surface area contributed by atoms with Gasteiger partial charge in [-0.3, -0.25) is 9.69 Å². The molecule has 0 aliphatic carbocycles. The monoisotopic (exact) mass is 267 g/mol. The van der Waals surface area contributed by atoms with Crippen molar-refractivity contribution in [3.05, 3.63) is 29.6 Å². The highest BCUT2D eigenvalue weighted by Gasteiger charge is 2.12. The zero-order valence-corrected chi connectivity index (χ0v) is 11.7. The van der Waals surface area contributed by atoms with Gasteiger partial charge in [-0.2, -0.15) is 0 Å². The van der Waals surface area contributed by atoms with E-state index in [0.29, 0.717) is 24.3 Å². The second kappa shape index (κ2) is 7.09.